The first kappa shape index (κ1) is 10.7. The van der Waals surface area contributed by atoms with Gasteiger partial charge in [0.25, 0.3) is 0 Å². The van der Waals surface area contributed by atoms with Gasteiger partial charge < -0.3 is 5.32 Å². The molecule has 2 rings (SSSR count). The van der Waals surface area contributed by atoms with Crippen LogP contribution in [0.4, 0.5) is 5.69 Å². The Morgan fingerprint density at radius 2 is 1.69 bits per heavy atom. The Hall–Kier alpha value is -1.76. The molecule has 0 radical (unpaired) electrons. The highest BCUT2D eigenvalue weighted by atomic mass is 14.9. The fourth-order valence-electron chi connectivity index (χ4n) is 1.74. The zero-order chi connectivity index (χ0) is 11.4. The van der Waals surface area contributed by atoms with Crippen LogP contribution in [0.1, 0.15) is 16.7 Å². The summed E-state index contributed by atoms with van der Waals surface area (Å²) in [5.74, 6) is 0. The summed E-state index contributed by atoms with van der Waals surface area (Å²) in [4.78, 5) is 0. The average Bonchev–Trinajstić information content (AvgIpc) is 2.32. The summed E-state index contributed by atoms with van der Waals surface area (Å²) in [7, 11) is 0. The summed E-state index contributed by atoms with van der Waals surface area (Å²) in [6, 6.07) is 16.9. The largest absolute Gasteiger partial charge is 0.381 e. The molecule has 2 aromatic rings. The summed E-state index contributed by atoms with van der Waals surface area (Å²) < 4.78 is 0. The van der Waals surface area contributed by atoms with Crippen LogP contribution in [0.5, 0.6) is 0 Å². The van der Waals surface area contributed by atoms with Crippen LogP contribution in [0.25, 0.3) is 0 Å². The van der Waals surface area contributed by atoms with Crippen molar-refractivity contribution in [3.63, 3.8) is 0 Å². The van der Waals surface area contributed by atoms with Crippen molar-refractivity contribution in [2.24, 2.45) is 0 Å². The van der Waals surface area contributed by atoms with E-state index in [1.54, 1.807) is 0 Å². The number of nitrogens with one attached hydrogen (secondary N) is 1. The quantitative estimate of drug-likeness (QED) is 0.811. The molecule has 0 saturated carbocycles. The van der Waals surface area contributed by atoms with Gasteiger partial charge in [-0.2, -0.15) is 0 Å². The molecule has 0 aliphatic carbocycles. The molecule has 0 spiro atoms. The molecule has 0 fully saturated rings. The van der Waals surface area contributed by atoms with Gasteiger partial charge in [0.2, 0.25) is 0 Å². The number of hydrogen-bond acceptors (Lipinski definition) is 1. The maximum atomic E-state index is 3.43. The zero-order valence-electron chi connectivity index (χ0n) is 9.83. The molecule has 1 nitrogen and oxygen atoms in total. The van der Waals surface area contributed by atoms with E-state index >= 15 is 0 Å². The lowest BCUT2D eigenvalue weighted by Crippen LogP contribution is -2.01. The van der Waals surface area contributed by atoms with E-state index < -0.39 is 0 Å². The molecule has 0 amide bonds. The Labute approximate surface area is 97.1 Å². The highest BCUT2D eigenvalue weighted by Gasteiger charge is 1.98. The maximum absolute atomic E-state index is 3.43. The molecule has 1 N–H and O–H groups in total. The summed E-state index contributed by atoms with van der Waals surface area (Å²) in [5.41, 5.74) is 5.19. The summed E-state index contributed by atoms with van der Waals surface area (Å²) >= 11 is 0. The standard InChI is InChI=1S/C15H17N/c1-12-8-9-13(2)14(10-12)11-16-15-6-4-3-5-7-15/h3-10,16H,11H2,1-2H3. The van der Waals surface area contributed by atoms with Gasteiger partial charge in [0, 0.05) is 12.2 Å². The smallest absolute Gasteiger partial charge is 0.0403 e. The highest BCUT2D eigenvalue weighted by molar-refractivity contribution is 5.44. The average molecular weight is 211 g/mol. The van der Waals surface area contributed by atoms with Crippen LogP contribution in [0.2, 0.25) is 0 Å². The molecule has 2 aromatic carbocycles. The normalized spacial score (nSPS) is 10.1. The van der Waals surface area contributed by atoms with Crippen LogP contribution in [-0.2, 0) is 6.54 Å². The Morgan fingerprint density at radius 1 is 0.938 bits per heavy atom. The minimum Gasteiger partial charge on any atom is -0.381 e. The van der Waals surface area contributed by atoms with Crippen LogP contribution >= 0.6 is 0 Å². The van der Waals surface area contributed by atoms with Gasteiger partial charge in [-0.1, -0.05) is 42.0 Å². The SMILES string of the molecule is Cc1ccc(C)c(CNc2ccccc2)c1. The first-order valence-electron chi connectivity index (χ1n) is 5.61. The van der Waals surface area contributed by atoms with Crippen LogP contribution in [0.3, 0.4) is 0 Å². The molecular weight excluding hydrogens is 194 g/mol. The lowest BCUT2D eigenvalue weighted by atomic mass is 10.1. The first-order valence-corrected chi connectivity index (χ1v) is 5.61. The van der Waals surface area contributed by atoms with Crippen LogP contribution in [-0.4, -0.2) is 0 Å². The van der Waals surface area contributed by atoms with Gasteiger partial charge in [-0.15, -0.1) is 0 Å². The third-order valence-corrected chi connectivity index (χ3v) is 2.76. The number of anilines is 1. The fourth-order valence-corrected chi connectivity index (χ4v) is 1.74. The van der Waals surface area contributed by atoms with Crippen molar-refractivity contribution in [3.8, 4) is 0 Å². The van der Waals surface area contributed by atoms with Crippen molar-refractivity contribution in [3.05, 3.63) is 65.2 Å². The highest BCUT2D eigenvalue weighted by Crippen LogP contribution is 2.13. The number of para-hydroxylation sites is 1. The predicted octanol–water partition coefficient (Wildman–Crippen LogP) is 3.92. The molecule has 0 saturated heterocycles. The van der Waals surface area contributed by atoms with Crippen molar-refractivity contribution in [1.82, 2.24) is 0 Å². The molecule has 0 aliphatic heterocycles. The van der Waals surface area contributed by atoms with Crippen molar-refractivity contribution < 1.29 is 0 Å². The molecule has 82 valence electrons. The molecular formula is C15H17N. The van der Waals surface area contributed by atoms with E-state index in [1.165, 1.54) is 22.4 Å². The molecule has 0 aromatic heterocycles. The van der Waals surface area contributed by atoms with E-state index in [2.05, 4.69) is 49.5 Å². The third-order valence-electron chi connectivity index (χ3n) is 2.76. The second-order valence-corrected chi connectivity index (χ2v) is 4.15. The van der Waals surface area contributed by atoms with Gasteiger partial charge in [0.15, 0.2) is 0 Å². The third kappa shape index (κ3) is 2.63. The van der Waals surface area contributed by atoms with Crippen molar-refractivity contribution in [1.29, 1.82) is 0 Å². The van der Waals surface area contributed by atoms with Crippen LogP contribution in [0.15, 0.2) is 48.5 Å². The number of benzene rings is 2. The molecule has 16 heavy (non-hydrogen) atoms. The Kier molecular flexibility index (Phi) is 3.25. The first-order chi connectivity index (χ1) is 7.75. The van der Waals surface area contributed by atoms with Gasteiger partial charge in [-0.05, 0) is 37.1 Å². The molecule has 0 unspecified atom stereocenters. The zero-order valence-corrected chi connectivity index (χ0v) is 9.83. The fraction of sp³-hybridized carbons (Fsp3) is 0.200. The van der Waals surface area contributed by atoms with E-state index in [0.29, 0.717) is 0 Å². The second-order valence-electron chi connectivity index (χ2n) is 4.15. The summed E-state index contributed by atoms with van der Waals surface area (Å²) in [6.07, 6.45) is 0. The van der Waals surface area contributed by atoms with Crippen molar-refractivity contribution in [2.75, 3.05) is 5.32 Å². The van der Waals surface area contributed by atoms with E-state index in [4.69, 9.17) is 0 Å². The second kappa shape index (κ2) is 4.84. The predicted molar refractivity (Wildman–Crippen MR) is 69.7 cm³/mol. The number of aryl methyl sites for hydroxylation is 2. The maximum Gasteiger partial charge on any atom is 0.0403 e. The van der Waals surface area contributed by atoms with E-state index in [1.807, 2.05) is 18.2 Å². The number of rotatable bonds is 3. The minimum atomic E-state index is 0.886. The topological polar surface area (TPSA) is 12.0 Å². The van der Waals surface area contributed by atoms with Crippen LogP contribution < -0.4 is 5.32 Å². The lowest BCUT2D eigenvalue weighted by Gasteiger charge is -2.09. The van der Waals surface area contributed by atoms with E-state index in [0.717, 1.165) is 6.54 Å². The Bertz CT molecular complexity index is 460. The summed E-state index contributed by atoms with van der Waals surface area (Å²) in [5, 5.41) is 3.43. The van der Waals surface area contributed by atoms with Gasteiger partial charge in [0.1, 0.15) is 0 Å². The van der Waals surface area contributed by atoms with Crippen molar-refractivity contribution in [2.45, 2.75) is 20.4 Å². The Morgan fingerprint density at radius 3 is 2.44 bits per heavy atom. The monoisotopic (exact) mass is 211 g/mol. The van der Waals surface area contributed by atoms with E-state index in [9.17, 15) is 0 Å². The van der Waals surface area contributed by atoms with E-state index in [-0.39, 0.29) is 0 Å². The van der Waals surface area contributed by atoms with Gasteiger partial charge in [-0.25, -0.2) is 0 Å². The molecule has 0 bridgehead atoms. The Balaban J connectivity index is 2.08. The molecule has 0 heterocycles. The number of hydrogen-bond donors (Lipinski definition) is 1. The molecule has 1 heteroatoms. The minimum absolute atomic E-state index is 0.886. The molecule has 0 atom stereocenters. The van der Waals surface area contributed by atoms with Crippen LogP contribution in [0, 0.1) is 13.8 Å². The molecule has 0 aliphatic rings. The summed E-state index contributed by atoms with van der Waals surface area (Å²) in [6.45, 7) is 5.17. The van der Waals surface area contributed by atoms with Gasteiger partial charge in [0.05, 0.1) is 0 Å². The van der Waals surface area contributed by atoms with Crippen molar-refractivity contribution >= 4 is 5.69 Å². The van der Waals surface area contributed by atoms with Gasteiger partial charge >= 0.3 is 0 Å². The van der Waals surface area contributed by atoms with Gasteiger partial charge in [-0.3, -0.25) is 0 Å². The lowest BCUT2D eigenvalue weighted by molar-refractivity contribution is 1.11.